The minimum Gasteiger partial charge on any atom is -0.497 e. The second-order valence-corrected chi connectivity index (χ2v) is 6.27. The normalized spacial score (nSPS) is 13.5. The van der Waals surface area contributed by atoms with Gasteiger partial charge in [0.25, 0.3) is 11.8 Å². The third kappa shape index (κ3) is 4.48. The fourth-order valence-electron chi connectivity index (χ4n) is 3.09. The quantitative estimate of drug-likeness (QED) is 0.789. The first-order chi connectivity index (χ1) is 13.0. The van der Waals surface area contributed by atoms with Gasteiger partial charge in [0, 0.05) is 43.5 Å². The maximum absolute atomic E-state index is 12.8. The zero-order valence-electron chi connectivity index (χ0n) is 15.9. The van der Waals surface area contributed by atoms with Crippen molar-refractivity contribution in [3.05, 3.63) is 53.6 Å². The summed E-state index contributed by atoms with van der Waals surface area (Å²) in [6, 6.07) is 12.1. The van der Waals surface area contributed by atoms with E-state index in [0.29, 0.717) is 54.5 Å². The van der Waals surface area contributed by atoms with Crippen molar-refractivity contribution in [2.75, 3.05) is 46.1 Å². The number of amides is 2. The second-order valence-electron chi connectivity index (χ2n) is 6.27. The molecule has 1 aliphatic rings. The Morgan fingerprint density at radius 3 is 1.86 bits per heavy atom. The molecule has 0 aliphatic carbocycles. The molecule has 8 heteroatoms. The van der Waals surface area contributed by atoms with Gasteiger partial charge >= 0.3 is 0 Å². The Bertz CT molecular complexity index is 829. The SMILES string of the molecule is COc1cc(OC)cc(C(=O)N2CCN(C(=O)c3ccccc3N)CC2)c1.Cl. The number of nitrogen functional groups attached to an aromatic ring is 1. The van der Waals surface area contributed by atoms with Crippen LogP contribution in [0.2, 0.25) is 0 Å². The third-order valence-electron chi connectivity index (χ3n) is 4.64. The summed E-state index contributed by atoms with van der Waals surface area (Å²) in [7, 11) is 3.09. The van der Waals surface area contributed by atoms with Crippen LogP contribution >= 0.6 is 12.4 Å². The maximum Gasteiger partial charge on any atom is 0.256 e. The fourth-order valence-corrected chi connectivity index (χ4v) is 3.09. The third-order valence-corrected chi connectivity index (χ3v) is 4.64. The molecule has 1 saturated heterocycles. The summed E-state index contributed by atoms with van der Waals surface area (Å²) >= 11 is 0. The van der Waals surface area contributed by atoms with Crippen LogP contribution in [0.25, 0.3) is 0 Å². The zero-order chi connectivity index (χ0) is 19.4. The monoisotopic (exact) mass is 405 g/mol. The van der Waals surface area contributed by atoms with Gasteiger partial charge in [0.15, 0.2) is 0 Å². The summed E-state index contributed by atoms with van der Waals surface area (Å²) in [5.74, 6) is 0.902. The van der Waals surface area contributed by atoms with E-state index in [0.717, 1.165) is 0 Å². The number of para-hydroxylation sites is 1. The maximum atomic E-state index is 12.8. The Morgan fingerprint density at radius 2 is 1.36 bits per heavy atom. The molecule has 1 heterocycles. The second kappa shape index (κ2) is 9.32. The number of anilines is 1. The number of piperazine rings is 1. The van der Waals surface area contributed by atoms with E-state index in [1.807, 2.05) is 0 Å². The lowest BCUT2D eigenvalue weighted by Crippen LogP contribution is -2.50. The van der Waals surface area contributed by atoms with Crippen LogP contribution in [0.4, 0.5) is 5.69 Å². The summed E-state index contributed by atoms with van der Waals surface area (Å²) < 4.78 is 10.5. The molecule has 0 radical (unpaired) electrons. The van der Waals surface area contributed by atoms with Gasteiger partial charge in [-0.3, -0.25) is 9.59 Å². The molecule has 0 spiro atoms. The fraction of sp³-hybridized carbons (Fsp3) is 0.300. The summed E-state index contributed by atoms with van der Waals surface area (Å²) in [5, 5.41) is 0. The number of methoxy groups -OCH3 is 2. The molecule has 7 nitrogen and oxygen atoms in total. The highest BCUT2D eigenvalue weighted by Crippen LogP contribution is 2.24. The number of nitrogens with zero attached hydrogens (tertiary/aromatic N) is 2. The van der Waals surface area contributed by atoms with Crippen LogP contribution in [-0.2, 0) is 0 Å². The first-order valence-corrected chi connectivity index (χ1v) is 8.69. The Balaban J connectivity index is 0.00000280. The molecule has 1 aliphatic heterocycles. The summed E-state index contributed by atoms with van der Waals surface area (Å²) in [6.07, 6.45) is 0. The van der Waals surface area contributed by atoms with Crippen LogP contribution < -0.4 is 15.2 Å². The van der Waals surface area contributed by atoms with Gasteiger partial charge in [-0.05, 0) is 24.3 Å². The first kappa shape index (κ1) is 21.4. The van der Waals surface area contributed by atoms with E-state index in [1.165, 1.54) is 0 Å². The number of halogens is 1. The van der Waals surface area contributed by atoms with Gasteiger partial charge in [0.1, 0.15) is 11.5 Å². The number of carbonyl (C=O) groups is 2. The Kier molecular flexibility index (Phi) is 7.12. The van der Waals surface area contributed by atoms with E-state index in [2.05, 4.69) is 0 Å². The van der Waals surface area contributed by atoms with Crippen molar-refractivity contribution in [2.24, 2.45) is 0 Å². The number of hydrogen-bond acceptors (Lipinski definition) is 5. The van der Waals surface area contributed by atoms with Crippen molar-refractivity contribution in [3.8, 4) is 11.5 Å². The number of ether oxygens (including phenoxy) is 2. The molecule has 2 N–H and O–H groups in total. The van der Waals surface area contributed by atoms with Gasteiger partial charge in [-0.2, -0.15) is 0 Å². The summed E-state index contributed by atoms with van der Waals surface area (Å²) in [6.45, 7) is 1.83. The number of hydrogen-bond donors (Lipinski definition) is 1. The highest BCUT2D eigenvalue weighted by atomic mass is 35.5. The predicted molar refractivity (Wildman–Crippen MR) is 109 cm³/mol. The number of carbonyl (C=O) groups excluding carboxylic acids is 2. The minimum atomic E-state index is -0.112. The topological polar surface area (TPSA) is 85.1 Å². The molecular formula is C20H24ClN3O4. The van der Waals surface area contributed by atoms with Crippen LogP contribution in [0.3, 0.4) is 0 Å². The van der Waals surface area contributed by atoms with Crippen LogP contribution in [0, 0.1) is 0 Å². The Morgan fingerprint density at radius 1 is 0.857 bits per heavy atom. The molecular weight excluding hydrogens is 382 g/mol. The van der Waals surface area contributed by atoms with E-state index in [-0.39, 0.29) is 24.2 Å². The van der Waals surface area contributed by atoms with Crippen molar-refractivity contribution in [3.63, 3.8) is 0 Å². The predicted octanol–water partition coefficient (Wildman–Crippen LogP) is 2.31. The van der Waals surface area contributed by atoms with E-state index >= 15 is 0 Å². The lowest BCUT2D eigenvalue weighted by molar-refractivity contribution is 0.0535. The molecule has 28 heavy (non-hydrogen) atoms. The summed E-state index contributed by atoms with van der Waals surface area (Å²) in [4.78, 5) is 28.9. The molecule has 0 atom stereocenters. The number of rotatable bonds is 4. The Labute approximate surface area is 170 Å². The average molecular weight is 406 g/mol. The molecule has 3 rings (SSSR count). The van der Waals surface area contributed by atoms with Gasteiger partial charge in [-0.1, -0.05) is 12.1 Å². The van der Waals surface area contributed by atoms with Gasteiger partial charge in [-0.15, -0.1) is 12.4 Å². The van der Waals surface area contributed by atoms with Crippen molar-refractivity contribution < 1.29 is 19.1 Å². The van der Waals surface area contributed by atoms with Gasteiger partial charge in [0.2, 0.25) is 0 Å². The molecule has 1 fully saturated rings. The molecule has 150 valence electrons. The van der Waals surface area contributed by atoms with Gasteiger partial charge in [0.05, 0.1) is 19.8 Å². The first-order valence-electron chi connectivity index (χ1n) is 8.69. The molecule has 2 aromatic rings. The smallest absolute Gasteiger partial charge is 0.256 e. The highest BCUT2D eigenvalue weighted by Gasteiger charge is 2.26. The van der Waals surface area contributed by atoms with Gasteiger partial charge in [-0.25, -0.2) is 0 Å². The van der Waals surface area contributed by atoms with E-state index in [1.54, 1.807) is 66.5 Å². The van der Waals surface area contributed by atoms with Gasteiger partial charge < -0.3 is 25.0 Å². The molecule has 0 unspecified atom stereocenters. The lowest BCUT2D eigenvalue weighted by Gasteiger charge is -2.35. The molecule has 0 aromatic heterocycles. The molecule has 2 aromatic carbocycles. The number of benzene rings is 2. The molecule has 0 bridgehead atoms. The Hall–Kier alpha value is -2.93. The zero-order valence-corrected chi connectivity index (χ0v) is 16.7. The van der Waals surface area contributed by atoms with Crippen molar-refractivity contribution in [2.45, 2.75) is 0 Å². The highest BCUT2D eigenvalue weighted by molar-refractivity contribution is 5.99. The van der Waals surface area contributed by atoms with E-state index < -0.39 is 0 Å². The van der Waals surface area contributed by atoms with Crippen LogP contribution in [0.15, 0.2) is 42.5 Å². The van der Waals surface area contributed by atoms with Crippen molar-refractivity contribution in [1.29, 1.82) is 0 Å². The minimum absolute atomic E-state index is 0. The van der Waals surface area contributed by atoms with Crippen LogP contribution in [0.5, 0.6) is 11.5 Å². The molecule has 0 saturated carbocycles. The summed E-state index contributed by atoms with van der Waals surface area (Å²) in [5.41, 5.74) is 7.35. The van der Waals surface area contributed by atoms with Crippen LogP contribution in [0.1, 0.15) is 20.7 Å². The van der Waals surface area contributed by atoms with E-state index in [9.17, 15) is 9.59 Å². The lowest BCUT2D eigenvalue weighted by atomic mass is 10.1. The largest absolute Gasteiger partial charge is 0.497 e. The van der Waals surface area contributed by atoms with Crippen molar-refractivity contribution in [1.82, 2.24) is 9.80 Å². The van der Waals surface area contributed by atoms with Crippen molar-refractivity contribution >= 4 is 29.9 Å². The average Bonchev–Trinajstić information content (AvgIpc) is 2.72. The van der Waals surface area contributed by atoms with Crippen LogP contribution in [-0.4, -0.2) is 62.0 Å². The molecule has 2 amide bonds. The van der Waals surface area contributed by atoms with E-state index in [4.69, 9.17) is 15.2 Å². The standard InChI is InChI=1S/C20H23N3O4.ClH/c1-26-15-11-14(12-16(13-15)27-2)19(24)22-7-9-23(10-8-22)20(25)17-5-3-4-6-18(17)21;/h3-6,11-13H,7-10,21H2,1-2H3;1H. The number of nitrogens with two attached hydrogens (primary N) is 1.